The van der Waals surface area contributed by atoms with E-state index in [2.05, 4.69) is 42.2 Å². The summed E-state index contributed by atoms with van der Waals surface area (Å²) in [6.45, 7) is 7.39. The third-order valence-electron chi connectivity index (χ3n) is 6.49. The second kappa shape index (κ2) is 8.19. The molecule has 4 heteroatoms. The molecule has 1 aliphatic rings. The van der Waals surface area contributed by atoms with Crippen LogP contribution in [0.5, 0.6) is 5.75 Å². The second-order valence-electron chi connectivity index (χ2n) is 8.51. The van der Waals surface area contributed by atoms with Gasteiger partial charge in [0.1, 0.15) is 11.3 Å². The van der Waals surface area contributed by atoms with Gasteiger partial charge in [-0.25, -0.2) is 4.79 Å². The lowest BCUT2D eigenvalue weighted by Crippen LogP contribution is -2.32. The Kier molecular flexibility index (Phi) is 5.22. The van der Waals surface area contributed by atoms with E-state index in [1.54, 1.807) is 0 Å². The quantitative estimate of drug-likeness (QED) is 0.381. The molecule has 0 fully saturated rings. The summed E-state index contributed by atoms with van der Waals surface area (Å²) in [6.07, 6.45) is 1.59. The van der Waals surface area contributed by atoms with Crippen molar-refractivity contribution >= 4 is 16.7 Å². The molecule has 3 aromatic carbocycles. The normalized spacial score (nSPS) is 13.2. The van der Waals surface area contributed by atoms with E-state index in [4.69, 9.17) is 9.15 Å². The minimum atomic E-state index is -0.268. The molecule has 0 saturated heterocycles. The summed E-state index contributed by atoms with van der Waals surface area (Å²) in [4.78, 5) is 15.1. The fourth-order valence-electron chi connectivity index (χ4n) is 4.56. The van der Waals surface area contributed by atoms with Crippen molar-refractivity contribution < 1.29 is 9.15 Å². The number of rotatable bonds is 4. The van der Waals surface area contributed by atoms with Crippen LogP contribution < -0.4 is 15.3 Å². The lowest BCUT2D eigenvalue weighted by molar-refractivity contribution is 0.287. The van der Waals surface area contributed by atoms with Gasteiger partial charge in [0.05, 0.1) is 0 Å². The minimum absolute atomic E-state index is 0.268. The maximum absolute atomic E-state index is 12.9. The molecule has 1 aliphatic heterocycles. The van der Waals surface area contributed by atoms with E-state index in [1.807, 2.05) is 44.2 Å². The summed E-state index contributed by atoms with van der Waals surface area (Å²) in [7, 11) is 0. The molecule has 0 amide bonds. The van der Waals surface area contributed by atoms with Gasteiger partial charge in [-0.1, -0.05) is 49.4 Å². The van der Waals surface area contributed by atoms with Crippen molar-refractivity contribution in [2.24, 2.45) is 0 Å². The van der Waals surface area contributed by atoms with E-state index >= 15 is 0 Å². The molecule has 0 atom stereocenters. The summed E-state index contributed by atoms with van der Waals surface area (Å²) in [5, 5.41) is 0.985. The molecule has 4 aromatic rings. The summed E-state index contributed by atoms with van der Waals surface area (Å²) in [5.41, 5.74) is 7.63. The minimum Gasteiger partial charge on any atom is -0.472 e. The van der Waals surface area contributed by atoms with Crippen LogP contribution in [0.2, 0.25) is 0 Å². The molecule has 0 bridgehead atoms. The molecule has 0 saturated carbocycles. The highest BCUT2D eigenvalue weighted by Gasteiger charge is 2.24. The average Bonchev–Trinajstić information content (AvgIpc) is 2.83. The maximum Gasteiger partial charge on any atom is 0.340 e. The van der Waals surface area contributed by atoms with Crippen molar-refractivity contribution in [2.75, 3.05) is 11.6 Å². The monoisotopic (exact) mass is 425 g/mol. The van der Waals surface area contributed by atoms with Crippen LogP contribution in [0.15, 0.2) is 69.9 Å². The van der Waals surface area contributed by atoms with Gasteiger partial charge in [-0.3, -0.25) is 0 Å². The smallest absolute Gasteiger partial charge is 0.340 e. The molecule has 0 unspecified atom stereocenters. The Labute approximate surface area is 188 Å². The van der Waals surface area contributed by atoms with Crippen molar-refractivity contribution in [3.8, 4) is 5.75 Å². The summed E-state index contributed by atoms with van der Waals surface area (Å²) in [6, 6.07) is 20.8. The zero-order valence-electron chi connectivity index (χ0n) is 18.8. The Morgan fingerprint density at radius 1 is 0.938 bits per heavy atom. The lowest BCUT2D eigenvalue weighted by Gasteiger charge is -2.32. The van der Waals surface area contributed by atoms with Crippen LogP contribution in [-0.4, -0.2) is 6.73 Å². The Hall–Kier alpha value is -3.53. The third-order valence-corrected chi connectivity index (χ3v) is 6.49. The second-order valence-corrected chi connectivity index (χ2v) is 8.51. The van der Waals surface area contributed by atoms with Gasteiger partial charge in [0.2, 0.25) is 0 Å². The number of hydrogen-bond acceptors (Lipinski definition) is 4. The van der Waals surface area contributed by atoms with E-state index < -0.39 is 0 Å². The zero-order valence-corrected chi connectivity index (χ0v) is 18.8. The van der Waals surface area contributed by atoms with Crippen LogP contribution in [0.4, 0.5) is 5.69 Å². The summed E-state index contributed by atoms with van der Waals surface area (Å²) < 4.78 is 12.0. The first-order valence-corrected chi connectivity index (χ1v) is 11.1. The van der Waals surface area contributed by atoms with Crippen LogP contribution in [0.3, 0.4) is 0 Å². The number of fused-ring (bicyclic) bond motifs is 2. The Morgan fingerprint density at radius 2 is 1.69 bits per heavy atom. The molecule has 4 nitrogen and oxygen atoms in total. The van der Waals surface area contributed by atoms with E-state index in [-0.39, 0.29) is 5.63 Å². The molecule has 2 heterocycles. The fourth-order valence-corrected chi connectivity index (χ4v) is 4.56. The fraction of sp³-hybridized carbons (Fsp3) is 0.250. The van der Waals surface area contributed by atoms with Gasteiger partial charge in [0.15, 0.2) is 6.73 Å². The predicted molar refractivity (Wildman–Crippen MR) is 129 cm³/mol. The van der Waals surface area contributed by atoms with Gasteiger partial charge in [-0.2, -0.15) is 0 Å². The third kappa shape index (κ3) is 3.56. The van der Waals surface area contributed by atoms with Crippen molar-refractivity contribution in [2.45, 2.75) is 40.2 Å². The van der Waals surface area contributed by atoms with Gasteiger partial charge in [0.25, 0.3) is 0 Å². The molecule has 1 aromatic heterocycles. The lowest BCUT2D eigenvalue weighted by atomic mass is 9.96. The van der Waals surface area contributed by atoms with Gasteiger partial charge in [0, 0.05) is 40.7 Å². The zero-order chi connectivity index (χ0) is 22.2. The van der Waals surface area contributed by atoms with Crippen LogP contribution in [0.1, 0.15) is 40.3 Å². The maximum atomic E-state index is 12.9. The first kappa shape index (κ1) is 20.4. The van der Waals surface area contributed by atoms with Crippen LogP contribution >= 0.6 is 0 Å². The Morgan fingerprint density at radius 3 is 2.41 bits per heavy atom. The predicted octanol–water partition coefficient (Wildman–Crippen LogP) is 5.92. The number of nitrogens with zero attached hydrogens (tertiary/aromatic N) is 1. The van der Waals surface area contributed by atoms with Crippen LogP contribution in [-0.2, 0) is 19.4 Å². The molecule has 5 rings (SSSR count). The molecular weight excluding hydrogens is 398 g/mol. The molecular formula is C28H27NO3. The highest BCUT2D eigenvalue weighted by Crippen LogP contribution is 2.37. The first-order chi connectivity index (χ1) is 15.5. The van der Waals surface area contributed by atoms with Gasteiger partial charge in [-0.15, -0.1) is 0 Å². The molecule has 0 radical (unpaired) electrons. The number of aryl methyl sites for hydroxylation is 3. The number of ether oxygens (including phenoxy) is 1. The summed E-state index contributed by atoms with van der Waals surface area (Å²) in [5.74, 6) is 0.831. The number of benzene rings is 3. The number of anilines is 1. The van der Waals surface area contributed by atoms with Gasteiger partial charge < -0.3 is 14.1 Å². The van der Waals surface area contributed by atoms with Gasteiger partial charge >= 0.3 is 5.63 Å². The van der Waals surface area contributed by atoms with E-state index in [9.17, 15) is 4.79 Å². The van der Waals surface area contributed by atoms with Crippen LogP contribution in [0, 0.1) is 13.8 Å². The SMILES string of the molecule is CCc1ccc(N2COc3c(cc4c(C)c(Cc5ccccc5)c(=O)oc4c3C)C2)cc1. The first-order valence-electron chi connectivity index (χ1n) is 11.1. The Bertz CT molecular complexity index is 1340. The van der Waals surface area contributed by atoms with Crippen LogP contribution in [0.25, 0.3) is 11.0 Å². The molecule has 0 N–H and O–H groups in total. The van der Waals surface area contributed by atoms with Crippen molar-refractivity contribution in [1.29, 1.82) is 0 Å². The summed E-state index contributed by atoms with van der Waals surface area (Å²) >= 11 is 0. The highest BCUT2D eigenvalue weighted by atomic mass is 16.5. The van der Waals surface area contributed by atoms with E-state index in [0.717, 1.165) is 52.0 Å². The van der Waals surface area contributed by atoms with Crippen molar-refractivity contribution in [3.05, 3.63) is 104 Å². The topological polar surface area (TPSA) is 42.7 Å². The Balaban J connectivity index is 1.56. The largest absolute Gasteiger partial charge is 0.472 e. The standard InChI is InChI=1S/C28H27NO3/c1-4-20-10-12-23(13-11-20)29-16-22-15-24-18(2)25(14-21-8-6-5-7-9-21)28(30)32-27(24)19(3)26(22)31-17-29/h5-13,15H,4,14,16-17H2,1-3H3. The van der Waals surface area contributed by atoms with Crippen molar-refractivity contribution in [1.82, 2.24) is 0 Å². The molecule has 32 heavy (non-hydrogen) atoms. The number of hydrogen-bond donors (Lipinski definition) is 0. The van der Waals surface area contributed by atoms with Gasteiger partial charge in [-0.05, 0) is 55.2 Å². The molecule has 162 valence electrons. The van der Waals surface area contributed by atoms with E-state index in [0.29, 0.717) is 24.3 Å². The van der Waals surface area contributed by atoms with E-state index in [1.165, 1.54) is 5.56 Å². The average molecular weight is 426 g/mol. The highest BCUT2D eigenvalue weighted by molar-refractivity contribution is 5.87. The van der Waals surface area contributed by atoms with Crippen molar-refractivity contribution in [3.63, 3.8) is 0 Å². The molecule has 0 aliphatic carbocycles. The molecule has 0 spiro atoms.